The lowest BCUT2D eigenvalue weighted by Gasteiger charge is -2.37. The topological polar surface area (TPSA) is 199 Å². The lowest BCUT2D eigenvalue weighted by molar-refractivity contribution is -0.0436. The molecule has 3 heterocycles. The minimum absolute atomic E-state index is 0.0417. The molecule has 76 heavy (non-hydrogen) atoms. The van der Waals surface area contributed by atoms with Crippen LogP contribution in [0.15, 0.2) is 136 Å². The molecule has 5 aromatic carbocycles. The van der Waals surface area contributed by atoms with Gasteiger partial charge in [-0.05, 0) is 142 Å². The number of sulfonamides is 1. The molecule has 8 rings (SSSR count). The zero-order valence-corrected chi connectivity index (χ0v) is 45.8. The number of carboxylic acids is 1. The van der Waals surface area contributed by atoms with Crippen molar-refractivity contribution in [2.24, 2.45) is 0 Å². The Balaban J connectivity index is 0.981. The Labute approximate surface area is 449 Å². The van der Waals surface area contributed by atoms with Crippen molar-refractivity contribution in [1.29, 1.82) is 0 Å². The molecule has 2 aliphatic rings. The number of rotatable bonds is 19. The fourth-order valence-electron chi connectivity index (χ4n) is 10.0. The number of likely N-dealkylation sites (tertiary alicyclic amines) is 1. The van der Waals surface area contributed by atoms with Crippen LogP contribution in [-0.4, -0.2) is 110 Å². The van der Waals surface area contributed by atoms with Crippen LogP contribution in [0.1, 0.15) is 66.7 Å². The second-order valence-corrected chi connectivity index (χ2v) is 25.3. The molecule has 23 heteroatoms. The van der Waals surface area contributed by atoms with Crippen LogP contribution >= 0.6 is 31.2 Å². The maximum Gasteiger partial charge on any atom is 0.501 e. The van der Waals surface area contributed by atoms with E-state index in [1.54, 1.807) is 42.5 Å². The third kappa shape index (κ3) is 13.1. The number of phosphoric ester groups is 1. The van der Waals surface area contributed by atoms with Gasteiger partial charge in [0.1, 0.15) is 0 Å². The third-order valence-corrected chi connectivity index (χ3v) is 18.6. The summed E-state index contributed by atoms with van der Waals surface area (Å²) in [7, 11) is -15.4. The molecular formula is C53H58ClF3N5O10PS3. The molecule has 2 fully saturated rings. The lowest BCUT2D eigenvalue weighted by Crippen LogP contribution is -2.46. The molecule has 0 bridgehead atoms. The van der Waals surface area contributed by atoms with Gasteiger partial charge >= 0.3 is 19.3 Å². The van der Waals surface area contributed by atoms with Crippen molar-refractivity contribution in [1.82, 2.24) is 9.47 Å². The number of nitrogens with one attached hydrogen (secondary N) is 1. The first-order chi connectivity index (χ1) is 35.9. The Morgan fingerprint density at radius 1 is 0.816 bits per heavy atom. The van der Waals surface area contributed by atoms with E-state index >= 15 is 0 Å². The fraction of sp³-hybridized carbons (Fsp3) is 0.340. The van der Waals surface area contributed by atoms with Crippen LogP contribution in [-0.2, 0) is 28.9 Å². The molecule has 0 aliphatic carbocycles. The summed E-state index contributed by atoms with van der Waals surface area (Å²) in [6, 6.07) is 33.4. The Morgan fingerprint density at radius 3 is 2.04 bits per heavy atom. The largest absolute Gasteiger partial charge is 0.501 e. The molecule has 15 nitrogen and oxygen atoms in total. The maximum atomic E-state index is 14.5. The van der Waals surface area contributed by atoms with E-state index in [4.69, 9.17) is 16.1 Å². The zero-order valence-electron chi connectivity index (χ0n) is 41.7. The number of aromatic nitrogens is 1. The van der Waals surface area contributed by atoms with Crippen molar-refractivity contribution in [3.8, 4) is 22.4 Å². The van der Waals surface area contributed by atoms with Gasteiger partial charge in [0, 0.05) is 89.3 Å². The minimum atomic E-state index is -6.08. The molecule has 1 atom stereocenters. The van der Waals surface area contributed by atoms with E-state index in [2.05, 4.69) is 14.5 Å². The number of alkyl halides is 3. The highest BCUT2D eigenvalue weighted by molar-refractivity contribution is 7.99. The monoisotopic (exact) mass is 1140 g/mol. The van der Waals surface area contributed by atoms with Gasteiger partial charge in [0.05, 0.1) is 27.2 Å². The van der Waals surface area contributed by atoms with Crippen LogP contribution in [0.5, 0.6) is 0 Å². The summed E-state index contributed by atoms with van der Waals surface area (Å²) in [5.41, 5.74) is -0.331. The zero-order chi connectivity index (χ0) is 54.7. The van der Waals surface area contributed by atoms with E-state index in [1.807, 2.05) is 78.8 Å². The first-order valence-electron chi connectivity index (χ1n) is 24.5. The van der Waals surface area contributed by atoms with Gasteiger partial charge in [-0.15, -0.1) is 11.8 Å². The quantitative estimate of drug-likeness (QED) is 0.0441. The number of nitrogens with zero attached hydrogens (tertiary/aromatic N) is 4. The van der Waals surface area contributed by atoms with Crippen molar-refractivity contribution < 1.29 is 58.8 Å². The number of hydrogen-bond donors (Lipinski definition) is 4. The van der Waals surface area contributed by atoms with Crippen molar-refractivity contribution >= 4 is 74.1 Å². The van der Waals surface area contributed by atoms with Gasteiger partial charge in [-0.2, -0.15) is 13.2 Å². The van der Waals surface area contributed by atoms with Crippen LogP contribution in [0.4, 0.5) is 30.2 Å². The van der Waals surface area contributed by atoms with Crippen LogP contribution < -0.4 is 14.5 Å². The molecule has 0 spiro atoms. The van der Waals surface area contributed by atoms with Gasteiger partial charge in [-0.25, -0.2) is 26.2 Å². The van der Waals surface area contributed by atoms with Crippen LogP contribution in [0.2, 0.25) is 5.02 Å². The minimum Gasteiger partial charge on any atom is -0.478 e. The molecule has 6 aromatic rings. The number of carboxylic acid groups (broad SMARTS) is 1. The van der Waals surface area contributed by atoms with Crippen molar-refractivity contribution in [3.63, 3.8) is 0 Å². The Kier molecular flexibility index (Phi) is 17.4. The number of aromatic carboxylic acids is 1. The summed E-state index contributed by atoms with van der Waals surface area (Å²) < 4.78 is 119. The number of halogens is 4. The molecule has 2 aliphatic heterocycles. The number of carbonyl (C=O) groups is 1. The molecule has 406 valence electrons. The standard InChI is InChI=1S/C53H58ClF3N5O10PS3/c1-35(2)62-36(3)49(52(63)64)50(51(62)37-12-14-40(54)15-13-37)38-8-7-9-43(32-38)61-30-28-60(29-31-61)42-18-16-41(17-19-42)58-76(70,71)46-20-21-47(48(33-46)75(68,69)53(55,56)57)39(34-74-45-10-5-4-6-11-45)22-25-59-26-23-44(24-27-59)72-73(65,66)67/h4-21,32-33,35,39,44,58H,22-31,34H2,1-3H3,(H,63,64)(H2,65,66,67)/t39-/m0/s1. The van der Waals surface area contributed by atoms with Gasteiger partial charge in [-0.3, -0.25) is 9.25 Å². The number of piperidine rings is 1. The summed E-state index contributed by atoms with van der Waals surface area (Å²) in [5.74, 6) is -1.69. The molecule has 0 saturated carbocycles. The Bertz CT molecular complexity index is 3310. The highest BCUT2D eigenvalue weighted by Gasteiger charge is 2.49. The molecular weight excluding hydrogens is 1090 g/mol. The molecule has 0 radical (unpaired) electrons. The van der Waals surface area contributed by atoms with Crippen molar-refractivity contribution in [2.45, 2.75) is 78.3 Å². The van der Waals surface area contributed by atoms with E-state index in [1.165, 1.54) is 23.9 Å². The van der Waals surface area contributed by atoms with E-state index in [0.29, 0.717) is 81.0 Å². The van der Waals surface area contributed by atoms with Crippen LogP contribution in [0.3, 0.4) is 0 Å². The predicted molar refractivity (Wildman–Crippen MR) is 291 cm³/mol. The molecule has 1 aromatic heterocycles. The van der Waals surface area contributed by atoms with Crippen molar-refractivity contribution in [2.75, 3.05) is 66.1 Å². The normalized spacial score (nSPS) is 15.8. The number of thioether (sulfide) groups is 1. The highest BCUT2D eigenvalue weighted by atomic mass is 35.5. The molecule has 2 saturated heterocycles. The second kappa shape index (κ2) is 23.3. The average molecular weight is 1140 g/mol. The summed E-state index contributed by atoms with van der Waals surface area (Å²) in [6.07, 6.45) is 0.0844. The van der Waals surface area contributed by atoms with Gasteiger partial charge in [0.25, 0.3) is 19.9 Å². The number of phosphoric acid groups is 1. The maximum absolute atomic E-state index is 14.5. The predicted octanol–water partition coefficient (Wildman–Crippen LogP) is 11.3. The van der Waals surface area contributed by atoms with Crippen molar-refractivity contribution in [3.05, 3.63) is 143 Å². The summed E-state index contributed by atoms with van der Waals surface area (Å²) in [5, 5.41) is 11.1. The van der Waals surface area contributed by atoms with E-state index in [0.717, 1.165) is 45.2 Å². The number of piperazine rings is 1. The second-order valence-electron chi connectivity index (χ2n) is 19.0. The first kappa shape index (κ1) is 56.8. The Hall–Kier alpha value is -5.35. The number of sulfone groups is 1. The van der Waals surface area contributed by atoms with Gasteiger partial charge in [0.2, 0.25) is 0 Å². The lowest BCUT2D eigenvalue weighted by atomic mass is 9.96. The smallest absolute Gasteiger partial charge is 0.478 e. The summed E-state index contributed by atoms with van der Waals surface area (Å²) in [6.45, 7) is 9.24. The van der Waals surface area contributed by atoms with E-state index in [9.17, 15) is 54.3 Å². The van der Waals surface area contributed by atoms with Gasteiger partial charge < -0.3 is 34.2 Å². The number of anilines is 3. The molecule has 0 amide bonds. The summed E-state index contributed by atoms with van der Waals surface area (Å²) in [4.78, 5) is 36.6. The fourth-order valence-corrected chi connectivity index (χ4v) is 14.1. The van der Waals surface area contributed by atoms with E-state index < -0.39 is 61.0 Å². The Morgan fingerprint density at radius 2 is 1.45 bits per heavy atom. The van der Waals surface area contributed by atoms with Crippen LogP contribution in [0, 0.1) is 6.92 Å². The summed E-state index contributed by atoms with van der Waals surface area (Å²) >= 11 is 7.56. The first-order valence-corrected chi connectivity index (χ1v) is 30.3. The van der Waals surface area contributed by atoms with Crippen LogP contribution in [0.25, 0.3) is 22.4 Å². The van der Waals surface area contributed by atoms with E-state index in [-0.39, 0.29) is 35.0 Å². The SMILES string of the molecule is Cc1c(C(=O)O)c(-c2cccc(N3CCN(c4ccc(NS(=O)(=O)c5ccc([C@@H](CCN6CCC(OP(=O)(O)O)CC6)CSc6ccccc6)c(S(=O)(=O)C(F)(F)F)c5)cc4)CC3)c2)c(-c2ccc(Cl)cc2)n1C(C)C. The number of hydrogen-bond acceptors (Lipinski definition) is 11. The molecule has 4 N–H and O–H groups in total. The number of benzene rings is 5. The van der Waals surface area contributed by atoms with Gasteiger partial charge in [-0.1, -0.05) is 60.1 Å². The highest BCUT2D eigenvalue weighted by Crippen LogP contribution is 2.44. The average Bonchev–Trinajstić information content (AvgIpc) is 3.70. The van der Waals surface area contributed by atoms with Gasteiger partial charge in [0.15, 0.2) is 0 Å². The molecule has 0 unspecified atom stereocenters. The third-order valence-electron chi connectivity index (χ3n) is 13.7.